The standard InChI is InChI=1S/C4H16O4Si4.ClH/c1-9-5-10(2)7-12(4)8-11(3)6-9;/h9-12H,1-4H3;1H. The maximum Gasteiger partial charge on any atom is 0.300 e. The van der Waals surface area contributed by atoms with Crippen molar-refractivity contribution in [3.63, 3.8) is 0 Å². The van der Waals surface area contributed by atoms with Gasteiger partial charge in [-0.2, -0.15) is 0 Å². The van der Waals surface area contributed by atoms with E-state index in [1.54, 1.807) is 0 Å². The van der Waals surface area contributed by atoms with Gasteiger partial charge in [-0.25, -0.2) is 0 Å². The van der Waals surface area contributed by atoms with E-state index in [0.29, 0.717) is 0 Å². The highest BCUT2D eigenvalue weighted by Crippen LogP contribution is 2.06. The van der Waals surface area contributed by atoms with Crippen molar-refractivity contribution in [1.29, 1.82) is 0 Å². The Morgan fingerprint density at radius 2 is 0.692 bits per heavy atom. The molecule has 0 spiro atoms. The molecule has 0 aromatic carbocycles. The van der Waals surface area contributed by atoms with Crippen LogP contribution in [-0.4, -0.2) is 37.1 Å². The van der Waals surface area contributed by atoms with Gasteiger partial charge in [0.05, 0.1) is 0 Å². The van der Waals surface area contributed by atoms with E-state index < -0.39 is 37.1 Å². The Kier molecular flexibility index (Phi) is 6.97. The summed E-state index contributed by atoms with van der Waals surface area (Å²) >= 11 is 0. The lowest BCUT2D eigenvalue weighted by Gasteiger charge is -2.28. The normalized spacial score (nSPS) is 41.5. The van der Waals surface area contributed by atoms with Gasteiger partial charge in [0, 0.05) is 0 Å². The van der Waals surface area contributed by atoms with Gasteiger partial charge in [-0.05, 0) is 26.2 Å². The molecule has 0 N–H and O–H groups in total. The van der Waals surface area contributed by atoms with Crippen molar-refractivity contribution in [2.75, 3.05) is 0 Å². The third-order valence-corrected chi connectivity index (χ3v) is 13.8. The summed E-state index contributed by atoms with van der Waals surface area (Å²) in [7, 11) is -5.66. The fraction of sp³-hybridized carbons (Fsp3) is 1.00. The smallest absolute Gasteiger partial charge is 0.300 e. The lowest BCUT2D eigenvalue weighted by molar-refractivity contribution is 0.295. The van der Waals surface area contributed by atoms with Crippen molar-refractivity contribution in [2.45, 2.75) is 26.2 Å². The van der Waals surface area contributed by atoms with E-state index in [1.165, 1.54) is 0 Å². The number of hydrogen-bond acceptors (Lipinski definition) is 4. The lowest BCUT2D eigenvalue weighted by Crippen LogP contribution is -2.44. The van der Waals surface area contributed by atoms with Gasteiger partial charge in [0.2, 0.25) is 0 Å². The first-order chi connectivity index (χ1) is 5.58. The van der Waals surface area contributed by atoms with E-state index in [9.17, 15) is 0 Å². The van der Waals surface area contributed by atoms with Gasteiger partial charge in [-0.15, -0.1) is 12.4 Å². The highest BCUT2D eigenvalue weighted by atomic mass is 35.5. The summed E-state index contributed by atoms with van der Waals surface area (Å²) in [5, 5.41) is 0. The van der Waals surface area contributed by atoms with Crippen LogP contribution in [0.25, 0.3) is 0 Å². The third kappa shape index (κ3) is 5.44. The van der Waals surface area contributed by atoms with E-state index in [-0.39, 0.29) is 12.4 Å². The Labute approximate surface area is 92.3 Å². The van der Waals surface area contributed by atoms with Crippen LogP contribution in [0.2, 0.25) is 26.2 Å². The Bertz CT molecular complexity index is 112. The van der Waals surface area contributed by atoms with Crippen LogP contribution in [0.4, 0.5) is 0 Å². The summed E-state index contributed by atoms with van der Waals surface area (Å²) in [6.45, 7) is 8.16. The van der Waals surface area contributed by atoms with Crippen molar-refractivity contribution in [2.24, 2.45) is 0 Å². The molecule has 80 valence electrons. The minimum absolute atomic E-state index is 0. The van der Waals surface area contributed by atoms with Crippen LogP contribution in [0.15, 0.2) is 0 Å². The molecular weight excluding hydrogens is 260 g/mol. The van der Waals surface area contributed by atoms with Crippen molar-refractivity contribution >= 4 is 49.5 Å². The molecule has 0 radical (unpaired) electrons. The molecule has 1 saturated heterocycles. The molecule has 0 aromatic rings. The Balaban J connectivity index is 0.00000144. The molecule has 1 aliphatic rings. The van der Waals surface area contributed by atoms with Crippen LogP contribution < -0.4 is 0 Å². The first-order valence-corrected chi connectivity index (χ1v) is 12.6. The maximum absolute atomic E-state index is 5.65. The van der Waals surface area contributed by atoms with E-state index >= 15 is 0 Å². The second kappa shape index (κ2) is 6.48. The summed E-state index contributed by atoms with van der Waals surface area (Å²) in [6.07, 6.45) is 0. The van der Waals surface area contributed by atoms with Crippen LogP contribution in [0.3, 0.4) is 0 Å². The molecule has 0 unspecified atom stereocenters. The summed E-state index contributed by atoms with van der Waals surface area (Å²) in [5.74, 6) is 0. The fourth-order valence-corrected chi connectivity index (χ4v) is 13.2. The average Bonchev–Trinajstić information content (AvgIpc) is 1.81. The number of hydrogen-bond donors (Lipinski definition) is 0. The molecule has 4 nitrogen and oxygen atoms in total. The molecule has 1 rings (SSSR count). The van der Waals surface area contributed by atoms with Gasteiger partial charge in [-0.3, -0.25) is 0 Å². The predicted molar refractivity (Wildman–Crippen MR) is 63.6 cm³/mol. The fourth-order valence-electron chi connectivity index (χ4n) is 1.21. The quantitative estimate of drug-likeness (QED) is 0.579. The molecule has 13 heavy (non-hydrogen) atoms. The molecule has 1 aliphatic heterocycles. The molecule has 1 heterocycles. The summed E-state index contributed by atoms with van der Waals surface area (Å²) in [5.41, 5.74) is 0. The first-order valence-electron chi connectivity index (χ1n) is 4.20. The number of rotatable bonds is 0. The molecule has 0 bridgehead atoms. The highest BCUT2D eigenvalue weighted by molar-refractivity contribution is 6.72. The van der Waals surface area contributed by atoms with E-state index in [0.717, 1.165) is 0 Å². The van der Waals surface area contributed by atoms with Gasteiger partial charge in [-0.1, -0.05) is 0 Å². The molecule has 0 aliphatic carbocycles. The van der Waals surface area contributed by atoms with Gasteiger partial charge in [0.25, 0.3) is 37.1 Å². The molecule has 0 amide bonds. The Morgan fingerprint density at radius 1 is 0.538 bits per heavy atom. The monoisotopic (exact) mass is 276 g/mol. The second-order valence-corrected chi connectivity index (χ2v) is 11.7. The first kappa shape index (κ1) is 14.0. The molecular formula is C4H17ClO4Si4. The number of halogens is 1. The van der Waals surface area contributed by atoms with Crippen LogP contribution in [-0.2, 0) is 16.5 Å². The SMILES string of the molecule is C[SiH]1O[SiH](C)O[SiH](C)O[SiH](C)O1.Cl. The zero-order valence-electron chi connectivity index (χ0n) is 8.35. The summed E-state index contributed by atoms with van der Waals surface area (Å²) in [6, 6.07) is 0. The third-order valence-electron chi connectivity index (χ3n) is 1.53. The Hall–Kier alpha value is 0.998. The van der Waals surface area contributed by atoms with E-state index in [4.69, 9.17) is 16.5 Å². The molecule has 0 atom stereocenters. The maximum atomic E-state index is 5.65. The van der Waals surface area contributed by atoms with Crippen LogP contribution in [0.5, 0.6) is 0 Å². The van der Waals surface area contributed by atoms with Crippen molar-refractivity contribution < 1.29 is 16.5 Å². The average molecular weight is 277 g/mol. The van der Waals surface area contributed by atoms with Crippen molar-refractivity contribution in [3.05, 3.63) is 0 Å². The largest absolute Gasteiger partial charge is 0.420 e. The summed E-state index contributed by atoms with van der Waals surface area (Å²) in [4.78, 5) is 0. The van der Waals surface area contributed by atoms with E-state index in [2.05, 4.69) is 0 Å². The lowest BCUT2D eigenvalue weighted by atomic mass is 11.9. The molecule has 0 saturated carbocycles. The van der Waals surface area contributed by atoms with Gasteiger partial charge < -0.3 is 16.5 Å². The van der Waals surface area contributed by atoms with Gasteiger partial charge in [0.15, 0.2) is 0 Å². The van der Waals surface area contributed by atoms with Crippen LogP contribution in [0.1, 0.15) is 0 Å². The molecule has 9 heteroatoms. The van der Waals surface area contributed by atoms with Crippen LogP contribution >= 0.6 is 12.4 Å². The Morgan fingerprint density at radius 3 is 0.846 bits per heavy atom. The minimum Gasteiger partial charge on any atom is -0.420 e. The minimum atomic E-state index is -1.42. The van der Waals surface area contributed by atoms with Crippen molar-refractivity contribution in [1.82, 2.24) is 0 Å². The summed E-state index contributed by atoms with van der Waals surface area (Å²) < 4.78 is 22.6. The zero-order valence-corrected chi connectivity index (χ0v) is 13.8. The molecule has 0 aromatic heterocycles. The van der Waals surface area contributed by atoms with Gasteiger partial charge in [0.1, 0.15) is 0 Å². The zero-order chi connectivity index (χ0) is 9.14. The van der Waals surface area contributed by atoms with Gasteiger partial charge >= 0.3 is 0 Å². The highest BCUT2D eigenvalue weighted by Gasteiger charge is 2.25. The predicted octanol–water partition coefficient (Wildman–Crippen LogP) is -0.111. The van der Waals surface area contributed by atoms with Crippen molar-refractivity contribution in [3.8, 4) is 0 Å². The van der Waals surface area contributed by atoms with E-state index in [1.807, 2.05) is 26.2 Å². The second-order valence-electron chi connectivity index (χ2n) is 2.81. The van der Waals surface area contributed by atoms with Crippen LogP contribution in [0, 0.1) is 0 Å². The molecule has 1 fully saturated rings. The topological polar surface area (TPSA) is 36.9 Å².